The molecule has 1 fully saturated rings. The van der Waals surface area contributed by atoms with Gasteiger partial charge in [0.15, 0.2) is 9.84 Å². The monoisotopic (exact) mass is 296 g/mol. The van der Waals surface area contributed by atoms with Crippen LogP contribution in [0.15, 0.2) is 29.2 Å². The van der Waals surface area contributed by atoms with Gasteiger partial charge in [-0.25, -0.2) is 8.42 Å². The zero-order chi connectivity index (χ0) is 14.8. The van der Waals surface area contributed by atoms with Crippen LogP contribution in [0, 0.1) is 5.41 Å². The van der Waals surface area contributed by atoms with E-state index in [1.165, 1.54) is 12.1 Å². The summed E-state index contributed by atoms with van der Waals surface area (Å²) in [6.45, 7) is 3.65. The molecule has 0 aliphatic carbocycles. The molecule has 5 nitrogen and oxygen atoms in total. The molecule has 1 amide bonds. The van der Waals surface area contributed by atoms with Crippen molar-refractivity contribution in [2.24, 2.45) is 5.41 Å². The highest BCUT2D eigenvalue weighted by molar-refractivity contribution is 7.90. The second kappa shape index (κ2) is 5.54. The van der Waals surface area contributed by atoms with Gasteiger partial charge in [-0.05, 0) is 50.2 Å². The topological polar surface area (TPSA) is 75.3 Å². The van der Waals surface area contributed by atoms with Crippen molar-refractivity contribution in [3.63, 3.8) is 0 Å². The number of amides is 1. The van der Waals surface area contributed by atoms with Crippen molar-refractivity contribution in [3.05, 3.63) is 24.3 Å². The molecule has 0 spiro atoms. The Kier molecular flexibility index (Phi) is 4.15. The van der Waals surface area contributed by atoms with E-state index in [4.69, 9.17) is 0 Å². The standard InChI is InChI=1S/C14H20N2O3S/c1-14(7-9-15-10-8-14)13(17)16-11-3-5-12(6-4-11)20(2,18)19/h3-6,15H,7-10H2,1-2H3,(H,16,17). The molecule has 20 heavy (non-hydrogen) atoms. The lowest BCUT2D eigenvalue weighted by Crippen LogP contribution is -2.42. The number of piperidine rings is 1. The summed E-state index contributed by atoms with van der Waals surface area (Å²) in [4.78, 5) is 12.6. The van der Waals surface area contributed by atoms with Crippen LogP contribution in [0.3, 0.4) is 0 Å². The molecule has 1 aromatic rings. The van der Waals surface area contributed by atoms with E-state index in [1.54, 1.807) is 12.1 Å². The number of carbonyl (C=O) groups is 1. The third-order valence-electron chi connectivity index (χ3n) is 3.80. The van der Waals surface area contributed by atoms with Crippen molar-refractivity contribution in [1.82, 2.24) is 5.32 Å². The molecule has 0 saturated carbocycles. The third-order valence-corrected chi connectivity index (χ3v) is 4.92. The predicted molar refractivity (Wildman–Crippen MR) is 78.4 cm³/mol. The number of nitrogens with one attached hydrogen (secondary N) is 2. The van der Waals surface area contributed by atoms with Crippen LogP contribution in [0.4, 0.5) is 5.69 Å². The van der Waals surface area contributed by atoms with E-state index in [1.807, 2.05) is 6.92 Å². The summed E-state index contributed by atoms with van der Waals surface area (Å²) >= 11 is 0. The SMILES string of the molecule is CC1(C(=O)Nc2ccc(S(C)(=O)=O)cc2)CCNCC1. The van der Waals surface area contributed by atoms with Crippen molar-refractivity contribution in [2.75, 3.05) is 24.7 Å². The average molecular weight is 296 g/mol. The van der Waals surface area contributed by atoms with Crippen molar-refractivity contribution < 1.29 is 13.2 Å². The van der Waals surface area contributed by atoms with Gasteiger partial charge in [-0.3, -0.25) is 4.79 Å². The van der Waals surface area contributed by atoms with Gasteiger partial charge in [-0.15, -0.1) is 0 Å². The molecule has 0 unspecified atom stereocenters. The van der Waals surface area contributed by atoms with E-state index in [2.05, 4.69) is 10.6 Å². The fourth-order valence-electron chi connectivity index (χ4n) is 2.27. The van der Waals surface area contributed by atoms with Crippen LogP contribution >= 0.6 is 0 Å². The lowest BCUT2D eigenvalue weighted by molar-refractivity contribution is -0.126. The smallest absolute Gasteiger partial charge is 0.230 e. The molecular formula is C14H20N2O3S. The quantitative estimate of drug-likeness (QED) is 0.884. The summed E-state index contributed by atoms with van der Waals surface area (Å²) in [5.74, 6) is -0.00824. The van der Waals surface area contributed by atoms with E-state index < -0.39 is 9.84 Å². The number of carbonyl (C=O) groups excluding carboxylic acids is 1. The Morgan fingerprint density at radius 2 is 1.75 bits per heavy atom. The number of anilines is 1. The molecule has 1 aliphatic rings. The van der Waals surface area contributed by atoms with Crippen LogP contribution in [-0.4, -0.2) is 33.7 Å². The van der Waals surface area contributed by atoms with Gasteiger partial charge < -0.3 is 10.6 Å². The maximum Gasteiger partial charge on any atom is 0.230 e. The highest BCUT2D eigenvalue weighted by atomic mass is 32.2. The van der Waals surface area contributed by atoms with Gasteiger partial charge in [0.25, 0.3) is 0 Å². The summed E-state index contributed by atoms with van der Waals surface area (Å²) in [6.07, 6.45) is 2.77. The number of benzene rings is 1. The lowest BCUT2D eigenvalue weighted by atomic mass is 9.80. The van der Waals surface area contributed by atoms with Crippen molar-refractivity contribution in [1.29, 1.82) is 0 Å². The van der Waals surface area contributed by atoms with Crippen molar-refractivity contribution in [3.8, 4) is 0 Å². The average Bonchev–Trinajstić information content (AvgIpc) is 2.39. The minimum atomic E-state index is -3.20. The highest BCUT2D eigenvalue weighted by Gasteiger charge is 2.34. The summed E-state index contributed by atoms with van der Waals surface area (Å²) in [5.41, 5.74) is 0.267. The Balaban J connectivity index is 2.08. The molecule has 1 aromatic carbocycles. The normalized spacial score (nSPS) is 18.5. The highest BCUT2D eigenvalue weighted by Crippen LogP contribution is 2.29. The lowest BCUT2D eigenvalue weighted by Gasteiger charge is -2.32. The summed E-state index contributed by atoms with van der Waals surface area (Å²) in [5, 5.41) is 6.11. The maximum atomic E-state index is 12.3. The molecule has 0 atom stereocenters. The zero-order valence-electron chi connectivity index (χ0n) is 11.8. The molecule has 6 heteroatoms. The van der Waals surface area contributed by atoms with Crippen LogP contribution in [0.2, 0.25) is 0 Å². The fourth-order valence-corrected chi connectivity index (χ4v) is 2.90. The van der Waals surface area contributed by atoms with Crippen LogP contribution in [0.25, 0.3) is 0 Å². The van der Waals surface area contributed by atoms with Crippen LogP contribution in [0.5, 0.6) is 0 Å². The van der Waals surface area contributed by atoms with E-state index in [-0.39, 0.29) is 16.2 Å². The van der Waals surface area contributed by atoms with Gasteiger partial charge >= 0.3 is 0 Å². The van der Waals surface area contributed by atoms with Crippen molar-refractivity contribution >= 4 is 21.4 Å². The third kappa shape index (κ3) is 3.37. The molecule has 1 aliphatic heterocycles. The molecule has 1 heterocycles. The number of hydrogen-bond acceptors (Lipinski definition) is 4. The fraction of sp³-hybridized carbons (Fsp3) is 0.500. The van der Waals surface area contributed by atoms with Gasteiger partial charge in [0.2, 0.25) is 5.91 Å². The maximum absolute atomic E-state index is 12.3. The first-order valence-electron chi connectivity index (χ1n) is 6.64. The Hall–Kier alpha value is -1.40. The minimum Gasteiger partial charge on any atom is -0.326 e. The van der Waals surface area contributed by atoms with Crippen LogP contribution in [-0.2, 0) is 14.6 Å². The Morgan fingerprint density at radius 1 is 1.20 bits per heavy atom. The Labute approximate surface area is 119 Å². The summed E-state index contributed by atoms with van der Waals surface area (Å²) < 4.78 is 22.7. The van der Waals surface area contributed by atoms with Gasteiger partial charge in [-0.2, -0.15) is 0 Å². The summed E-state index contributed by atoms with van der Waals surface area (Å²) in [7, 11) is -3.20. The van der Waals surface area contributed by atoms with Gasteiger partial charge in [0.1, 0.15) is 0 Å². The molecule has 0 bridgehead atoms. The second-order valence-electron chi connectivity index (χ2n) is 5.56. The number of rotatable bonds is 3. The number of hydrogen-bond donors (Lipinski definition) is 2. The van der Waals surface area contributed by atoms with E-state index in [0.717, 1.165) is 32.2 Å². The van der Waals surface area contributed by atoms with E-state index >= 15 is 0 Å². The largest absolute Gasteiger partial charge is 0.326 e. The minimum absolute atomic E-state index is 0.00824. The Morgan fingerprint density at radius 3 is 2.25 bits per heavy atom. The molecule has 2 rings (SSSR count). The molecule has 110 valence electrons. The first kappa shape index (κ1) is 15.0. The first-order chi connectivity index (χ1) is 9.31. The van der Waals surface area contributed by atoms with Gasteiger partial charge in [-0.1, -0.05) is 6.92 Å². The van der Waals surface area contributed by atoms with Crippen LogP contribution in [0.1, 0.15) is 19.8 Å². The van der Waals surface area contributed by atoms with Gasteiger partial charge in [0, 0.05) is 17.4 Å². The van der Waals surface area contributed by atoms with E-state index in [9.17, 15) is 13.2 Å². The Bertz CT molecular complexity index is 587. The van der Waals surface area contributed by atoms with E-state index in [0.29, 0.717) is 5.69 Å². The summed E-state index contributed by atoms with van der Waals surface area (Å²) in [6, 6.07) is 6.27. The molecule has 1 saturated heterocycles. The first-order valence-corrected chi connectivity index (χ1v) is 8.53. The molecule has 0 aromatic heterocycles. The predicted octanol–water partition coefficient (Wildman–Crippen LogP) is 1.42. The number of sulfone groups is 1. The zero-order valence-corrected chi connectivity index (χ0v) is 12.6. The second-order valence-corrected chi connectivity index (χ2v) is 7.58. The molecule has 2 N–H and O–H groups in total. The van der Waals surface area contributed by atoms with Gasteiger partial charge in [0.05, 0.1) is 4.90 Å². The van der Waals surface area contributed by atoms with Crippen molar-refractivity contribution in [2.45, 2.75) is 24.7 Å². The molecular weight excluding hydrogens is 276 g/mol. The molecule has 0 radical (unpaired) electrons. The van der Waals surface area contributed by atoms with Crippen LogP contribution < -0.4 is 10.6 Å².